The first-order valence-electron chi connectivity index (χ1n) is 5.35. The minimum Gasteiger partial charge on any atom is -0.383 e. The first-order chi connectivity index (χ1) is 7.95. The van der Waals surface area contributed by atoms with Crippen LogP contribution in [0.2, 0.25) is 0 Å². The Morgan fingerprint density at radius 2 is 2.35 bits per heavy atom. The van der Waals surface area contributed by atoms with E-state index in [9.17, 15) is 9.59 Å². The SMILES string of the molecule is COCC(C)NC(=S)N1CC(=O)NC(=O)C1C. The van der Waals surface area contributed by atoms with Gasteiger partial charge in [-0.05, 0) is 26.1 Å². The summed E-state index contributed by atoms with van der Waals surface area (Å²) in [5.74, 6) is -0.665. The van der Waals surface area contributed by atoms with Crippen molar-refractivity contribution in [1.82, 2.24) is 15.5 Å². The lowest BCUT2D eigenvalue weighted by Gasteiger charge is -2.34. The average Bonchev–Trinajstić information content (AvgIpc) is 2.23. The molecule has 0 bridgehead atoms. The van der Waals surface area contributed by atoms with Crippen LogP contribution in [-0.4, -0.2) is 54.2 Å². The summed E-state index contributed by atoms with van der Waals surface area (Å²) in [6.07, 6.45) is 0. The number of nitrogens with one attached hydrogen (secondary N) is 2. The zero-order chi connectivity index (χ0) is 13.0. The third-order valence-corrected chi connectivity index (χ3v) is 2.82. The molecule has 2 atom stereocenters. The third-order valence-electron chi connectivity index (χ3n) is 2.47. The molecule has 0 radical (unpaired) electrons. The normalized spacial score (nSPS) is 22.1. The number of imide groups is 1. The molecule has 17 heavy (non-hydrogen) atoms. The molecule has 1 aliphatic rings. The minimum atomic E-state index is -0.442. The summed E-state index contributed by atoms with van der Waals surface area (Å²) < 4.78 is 4.97. The van der Waals surface area contributed by atoms with E-state index >= 15 is 0 Å². The van der Waals surface area contributed by atoms with Gasteiger partial charge in [0.25, 0.3) is 0 Å². The molecule has 2 amide bonds. The zero-order valence-electron chi connectivity index (χ0n) is 10.1. The second-order valence-electron chi connectivity index (χ2n) is 4.02. The van der Waals surface area contributed by atoms with Gasteiger partial charge in [-0.15, -0.1) is 0 Å². The number of nitrogens with zero attached hydrogens (tertiary/aromatic N) is 1. The van der Waals surface area contributed by atoms with Gasteiger partial charge < -0.3 is 15.0 Å². The van der Waals surface area contributed by atoms with E-state index in [0.717, 1.165) is 0 Å². The first-order valence-corrected chi connectivity index (χ1v) is 5.76. The maximum atomic E-state index is 11.4. The van der Waals surface area contributed by atoms with Crippen molar-refractivity contribution in [3.05, 3.63) is 0 Å². The van der Waals surface area contributed by atoms with Crippen LogP contribution in [0.4, 0.5) is 0 Å². The highest BCUT2D eigenvalue weighted by molar-refractivity contribution is 7.80. The molecule has 0 aliphatic carbocycles. The maximum absolute atomic E-state index is 11.4. The standard InChI is InChI=1S/C10H17N3O3S/c1-6(5-16-3)11-10(17)13-4-8(14)12-9(15)7(13)2/h6-7H,4-5H2,1-3H3,(H,11,17)(H,12,14,15). The van der Waals surface area contributed by atoms with Crippen molar-refractivity contribution in [2.45, 2.75) is 25.9 Å². The van der Waals surface area contributed by atoms with Crippen LogP contribution in [0.3, 0.4) is 0 Å². The van der Waals surface area contributed by atoms with Gasteiger partial charge in [0.05, 0.1) is 6.61 Å². The van der Waals surface area contributed by atoms with Crippen LogP contribution in [0.25, 0.3) is 0 Å². The highest BCUT2D eigenvalue weighted by atomic mass is 32.1. The molecule has 1 heterocycles. The van der Waals surface area contributed by atoms with Crippen molar-refractivity contribution in [2.75, 3.05) is 20.3 Å². The summed E-state index contributed by atoms with van der Waals surface area (Å²) >= 11 is 5.17. The van der Waals surface area contributed by atoms with Crippen molar-refractivity contribution in [1.29, 1.82) is 0 Å². The summed E-state index contributed by atoms with van der Waals surface area (Å²) in [7, 11) is 1.60. The Morgan fingerprint density at radius 3 is 2.94 bits per heavy atom. The molecule has 0 aromatic carbocycles. The lowest BCUT2D eigenvalue weighted by molar-refractivity contribution is -0.137. The van der Waals surface area contributed by atoms with Gasteiger partial charge in [0.1, 0.15) is 12.6 Å². The van der Waals surface area contributed by atoms with Crippen LogP contribution in [0, 0.1) is 0 Å². The van der Waals surface area contributed by atoms with Gasteiger partial charge in [-0.3, -0.25) is 14.9 Å². The molecule has 1 rings (SSSR count). The Kier molecular flexibility index (Phi) is 4.83. The van der Waals surface area contributed by atoms with Crippen molar-refractivity contribution in [2.24, 2.45) is 0 Å². The van der Waals surface area contributed by atoms with Crippen LogP contribution in [-0.2, 0) is 14.3 Å². The van der Waals surface area contributed by atoms with E-state index in [1.54, 1.807) is 18.9 Å². The molecule has 6 nitrogen and oxygen atoms in total. The maximum Gasteiger partial charge on any atom is 0.249 e. The summed E-state index contributed by atoms with van der Waals surface area (Å²) in [6.45, 7) is 4.21. The van der Waals surface area contributed by atoms with Crippen molar-refractivity contribution >= 4 is 29.1 Å². The van der Waals surface area contributed by atoms with E-state index in [1.807, 2.05) is 6.92 Å². The van der Waals surface area contributed by atoms with Gasteiger partial charge in [-0.25, -0.2) is 0 Å². The van der Waals surface area contributed by atoms with Crippen molar-refractivity contribution < 1.29 is 14.3 Å². The molecule has 0 spiro atoms. The van der Waals surface area contributed by atoms with Gasteiger partial charge in [-0.1, -0.05) is 0 Å². The highest BCUT2D eigenvalue weighted by Crippen LogP contribution is 2.05. The van der Waals surface area contributed by atoms with Gasteiger partial charge in [0.15, 0.2) is 5.11 Å². The summed E-state index contributed by atoms with van der Waals surface area (Å²) in [6, 6.07) is -0.415. The molecule has 0 saturated carbocycles. The molecule has 0 aromatic rings. The van der Waals surface area contributed by atoms with Crippen LogP contribution < -0.4 is 10.6 Å². The van der Waals surface area contributed by atoms with Gasteiger partial charge in [0, 0.05) is 13.2 Å². The van der Waals surface area contributed by atoms with Gasteiger partial charge >= 0.3 is 0 Å². The number of carbonyl (C=O) groups excluding carboxylic acids is 2. The van der Waals surface area contributed by atoms with E-state index in [1.165, 1.54) is 0 Å². The fraction of sp³-hybridized carbons (Fsp3) is 0.700. The predicted octanol–water partition coefficient (Wildman–Crippen LogP) is -0.757. The van der Waals surface area contributed by atoms with E-state index in [4.69, 9.17) is 17.0 Å². The number of rotatable bonds is 3. The summed E-state index contributed by atoms with van der Waals surface area (Å²) in [5.41, 5.74) is 0. The predicted molar refractivity (Wildman–Crippen MR) is 66.4 cm³/mol. The van der Waals surface area contributed by atoms with E-state index in [2.05, 4.69) is 10.6 Å². The van der Waals surface area contributed by atoms with Crippen LogP contribution in [0.1, 0.15) is 13.8 Å². The van der Waals surface area contributed by atoms with E-state index < -0.39 is 6.04 Å². The molecule has 96 valence electrons. The Balaban J connectivity index is 2.61. The molecule has 0 aromatic heterocycles. The Labute approximate surface area is 106 Å². The van der Waals surface area contributed by atoms with Crippen LogP contribution in [0.15, 0.2) is 0 Å². The lowest BCUT2D eigenvalue weighted by Crippen LogP contribution is -2.61. The monoisotopic (exact) mass is 259 g/mol. The molecule has 1 aliphatic heterocycles. The number of hydrogen-bond acceptors (Lipinski definition) is 4. The number of piperazine rings is 1. The fourth-order valence-corrected chi connectivity index (χ4v) is 1.97. The second-order valence-corrected chi connectivity index (χ2v) is 4.41. The zero-order valence-corrected chi connectivity index (χ0v) is 11.0. The number of methoxy groups -OCH3 is 1. The van der Waals surface area contributed by atoms with Gasteiger partial charge in [-0.2, -0.15) is 0 Å². The Hall–Kier alpha value is -1.21. The molecule has 2 unspecified atom stereocenters. The van der Waals surface area contributed by atoms with Gasteiger partial charge in [0.2, 0.25) is 11.8 Å². The largest absolute Gasteiger partial charge is 0.383 e. The lowest BCUT2D eigenvalue weighted by atomic mass is 10.2. The summed E-state index contributed by atoms with van der Waals surface area (Å²) in [4.78, 5) is 24.3. The average molecular weight is 259 g/mol. The van der Waals surface area contributed by atoms with Crippen LogP contribution >= 0.6 is 12.2 Å². The molecular weight excluding hydrogens is 242 g/mol. The van der Waals surface area contributed by atoms with E-state index in [0.29, 0.717) is 11.7 Å². The van der Waals surface area contributed by atoms with E-state index in [-0.39, 0.29) is 24.4 Å². The molecule has 7 heteroatoms. The third kappa shape index (κ3) is 3.64. The number of hydrogen-bond donors (Lipinski definition) is 2. The topological polar surface area (TPSA) is 70.7 Å². The molecule has 1 fully saturated rings. The smallest absolute Gasteiger partial charge is 0.249 e. The Bertz CT molecular complexity index is 335. The van der Waals surface area contributed by atoms with Crippen molar-refractivity contribution in [3.8, 4) is 0 Å². The first kappa shape index (κ1) is 13.9. The molecule has 1 saturated heterocycles. The quantitative estimate of drug-likeness (QED) is 0.513. The fourth-order valence-electron chi connectivity index (χ4n) is 1.55. The molecular formula is C10H17N3O3S. The van der Waals surface area contributed by atoms with Crippen LogP contribution in [0.5, 0.6) is 0 Å². The second kappa shape index (κ2) is 5.92. The highest BCUT2D eigenvalue weighted by Gasteiger charge is 2.31. The molecule has 2 N–H and O–H groups in total. The number of thiocarbonyl (C=S) groups is 1. The summed E-state index contributed by atoms with van der Waals surface area (Å²) in [5, 5.41) is 5.68. The number of ether oxygens (including phenoxy) is 1. The Morgan fingerprint density at radius 1 is 1.71 bits per heavy atom. The minimum absolute atomic E-state index is 0.0276. The number of amides is 2. The number of carbonyl (C=O) groups is 2. The van der Waals surface area contributed by atoms with Crippen molar-refractivity contribution in [3.63, 3.8) is 0 Å².